The Morgan fingerprint density at radius 2 is 1.74 bits per heavy atom. The van der Waals surface area contributed by atoms with Crippen LogP contribution in [0.5, 0.6) is 0 Å². The highest BCUT2D eigenvalue weighted by Gasteiger charge is 2.35. The zero-order chi connectivity index (χ0) is 24.6. The Kier molecular flexibility index (Phi) is 6.17. The number of thiocarbonyl (C=S) groups is 1. The van der Waals surface area contributed by atoms with Crippen molar-refractivity contribution >= 4 is 46.9 Å². The number of hydrogen-bond donors (Lipinski definition) is 1. The number of carbonyl (C=O) groups excluding carboxylic acids is 3. The highest BCUT2D eigenvalue weighted by Crippen LogP contribution is 2.29. The summed E-state index contributed by atoms with van der Waals surface area (Å²) in [7, 11) is 1.33. The number of methoxy groups -OCH3 is 1. The molecule has 1 N–H and O–H groups in total. The number of anilines is 1. The first-order chi connectivity index (χ1) is 16.2. The zero-order valence-electron chi connectivity index (χ0n) is 19.1. The molecule has 0 radical (unpaired) electrons. The number of rotatable bonds is 4. The number of amides is 2. The molecule has 0 aliphatic carbocycles. The molecule has 7 nitrogen and oxygen atoms in total. The molecule has 0 spiro atoms. The molecule has 1 saturated heterocycles. The van der Waals surface area contributed by atoms with Crippen molar-refractivity contribution in [3.8, 4) is 11.3 Å². The predicted octanol–water partition coefficient (Wildman–Crippen LogP) is 4.49. The molecule has 0 atom stereocenters. The van der Waals surface area contributed by atoms with Crippen molar-refractivity contribution in [1.29, 1.82) is 0 Å². The van der Waals surface area contributed by atoms with Crippen LogP contribution in [-0.2, 0) is 14.3 Å². The van der Waals surface area contributed by atoms with Gasteiger partial charge in [-0.2, -0.15) is 0 Å². The molecule has 4 rings (SSSR count). The first-order valence-electron chi connectivity index (χ1n) is 10.5. The maximum atomic E-state index is 13.3. The molecule has 1 aliphatic heterocycles. The Bertz CT molecular complexity index is 1370. The van der Waals surface area contributed by atoms with E-state index in [4.69, 9.17) is 21.4 Å². The molecule has 172 valence electrons. The average Bonchev–Trinajstić information content (AvgIpc) is 3.23. The number of nitrogens with zero attached hydrogens (tertiary/aromatic N) is 1. The summed E-state index contributed by atoms with van der Waals surface area (Å²) in [6.07, 6.45) is 1.40. The van der Waals surface area contributed by atoms with Gasteiger partial charge in [-0.3, -0.25) is 19.8 Å². The highest BCUT2D eigenvalue weighted by atomic mass is 32.1. The maximum absolute atomic E-state index is 13.3. The Hall–Kier alpha value is -4.04. The molecular formula is C26H22N2O5S. The Morgan fingerprint density at radius 3 is 2.38 bits per heavy atom. The van der Waals surface area contributed by atoms with Crippen LogP contribution in [0, 0.1) is 20.8 Å². The van der Waals surface area contributed by atoms with Crippen molar-refractivity contribution in [3.05, 3.63) is 82.1 Å². The largest absolute Gasteiger partial charge is 0.465 e. The number of carbonyl (C=O) groups is 3. The molecule has 0 unspecified atom stereocenters. The summed E-state index contributed by atoms with van der Waals surface area (Å²) in [4.78, 5) is 38.9. The van der Waals surface area contributed by atoms with Crippen molar-refractivity contribution in [2.45, 2.75) is 20.8 Å². The van der Waals surface area contributed by atoms with E-state index in [2.05, 4.69) is 5.32 Å². The summed E-state index contributed by atoms with van der Waals surface area (Å²) in [5, 5.41) is 2.61. The summed E-state index contributed by atoms with van der Waals surface area (Å²) >= 11 is 5.28. The molecule has 0 bridgehead atoms. The van der Waals surface area contributed by atoms with E-state index >= 15 is 0 Å². The summed E-state index contributed by atoms with van der Waals surface area (Å²) in [5.41, 5.74) is 4.45. The van der Waals surface area contributed by atoms with Gasteiger partial charge in [-0.05, 0) is 92.2 Å². The number of ether oxygens (including phenoxy) is 1. The van der Waals surface area contributed by atoms with Crippen LogP contribution in [0.2, 0.25) is 0 Å². The van der Waals surface area contributed by atoms with E-state index in [1.54, 1.807) is 30.3 Å². The molecule has 2 heterocycles. The summed E-state index contributed by atoms with van der Waals surface area (Å²) in [6, 6.07) is 14.2. The molecule has 0 saturated carbocycles. The minimum atomic E-state index is -0.591. The lowest BCUT2D eigenvalue weighted by Crippen LogP contribution is -2.54. The molecule has 2 amide bonds. The van der Waals surface area contributed by atoms with Crippen LogP contribution in [0.15, 0.2) is 58.5 Å². The van der Waals surface area contributed by atoms with Gasteiger partial charge in [0, 0.05) is 5.56 Å². The van der Waals surface area contributed by atoms with Crippen molar-refractivity contribution in [2.75, 3.05) is 12.0 Å². The first-order valence-corrected chi connectivity index (χ1v) is 10.9. The number of furan rings is 1. The second-order valence-electron chi connectivity index (χ2n) is 8.03. The van der Waals surface area contributed by atoms with Crippen LogP contribution >= 0.6 is 12.2 Å². The van der Waals surface area contributed by atoms with E-state index in [9.17, 15) is 14.4 Å². The fourth-order valence-electron chi connectivity index (χ4n) is 3.87. The van der Waals surface area contributed by atoms with Gasteiger partial charge in [0.1, 0.15) is 17.1 Å². The fraction of sp³-hybridized carbons (Fsp3) is 0.154. The predicted molar refractivity (Wildman–Crippen MR) is 132 cm³/mol. The van der Waals surface area contributed by atoms with Gasteiger partial charge >= 0.3 is 5.97 Å². The van der Waals surface area contributed by atoms with Gasteiger partial charge in [0.25, 0.3) is 11.8 Å². The van der Waals surface area contributed by atoms with Crippen molar-refractivity contribution in [2.24, 2.45) is 0 Å². The zero-order valence-corrected chi connectivity index (χ0v) is 19.9. The molecular weight excluding hydrogens is 452 g/mol. The van der Waals surface area contributed by atoms with Crippen LogP contribution in [-0.4, -0.2) is 30.0 Å². The van der Waals surface area contributed by atoms with E-state index in [1.807, 2.05) is 39.0 Å². The SMILES string of the molecule is COC(=O)c1ccc(-c2ccc(/C=C3\C(=O)NC(=S)N(c4cc(C)cc(C)c4)C3=O)o2)c(C)c1. The number of benzene rings is 2. The lowest BCUT2D eigenvalue weighted by atomic mass is 10.0. The third kappa shape index (κ3) is 4.40. The number of hydrogen-bond acceptors (Lipinski definition) is 6. The van der Waals surface area contributed by atoms with E-state index in [0.717, 1.165) is 22.3 Å². The van der Waals surface area contributed by atoms with E-state index in [1.165, 1.54) is 18.1 Å². The van der Waals surface area contributed by atoms with Gasteiger partial charge in [-0.15, -0.1) is 0 Å². The maximum Gasteiger partial charge on any atom is 0.337 e. The summed E-state index contributed by atoms with van der Waals surface area (Å²) < 4.78 is 10.7. The van der Waals surface area contributed by atoms with Gasteiger partial charge in [0.05, 0.1) is 18.4 Å². The molecule has 2 aromatic carbocycles. The Morgan fingerprint density at radius 1 is 1.03 bits per heavy atom. The number of aryl methyl sites for hydroxylation is 3. The van der Waals surface area contributed by atoms with E-state index in [-0.39, 0.29) is 10.7 Å². The van der Waals surface area contributed by atoms with Crippen LogP contribution in [0.25, 0.3) is 17.4 Å². The van der Waals surface area contributed by atoms with Gasteiger partial charge in [0.15, 0.2) is 5.11 Å². The lowest BCUT2D eigenvalue weighted by Gasteiger charge is -2.29. The Balaban J connectivity index is 1.66. The number of nitrogens with one attached hydrogen (secondary N) is 1. The smallest absolute Gasteiger partial charge is 0.337 e. The third-order valence-electron chi connectivity index (χ3n) is 5.39. The van der Waals surface area contributed by atoms with Crippen molar-refractivity contribution in [1.82, 2.24) is 5.32 Å². The second-order valence-corrected chi connectivity index (χ2v) is 8.41. The number of esters is 1. The van der Waals surface area contributed by atoms with Crippen LogP contribution in [0.1, 0.15) is 32.8 Å². The first kappa shape index (κ1) is 23.1. The molecule has 34 heavy (non-hydrogen) atoms. The normalized spacial score (nSPS) is 15.0. The summed E-state index contributed by atoms with van der Waals surface area (Å²) in [5.74, 6) is -0.681. The second kappa shape index (κ2) is 9.07. The standard InChI is InChI=1S/C26H22N2O5S/c1-14-9-15(2)11-18(10-14)28-24(30)21(23(29)27-26(28)34)13-19-6-8-22(33-19)20-7-5-17(12-16(20)3)25(31)32-4/h5-13H,1-4H3,(H,27,29,34)/b21-13+. The fourth-order valence-corrected chi connectivity index (χ4v) is 4.16. The molecule has 1 aromatic heterocycles. The van der Waals surface area contributed by atoms with Gasteiger partial charge in [-0.25, -0.2) is 4.79 Å². The van der Waals surface area contributed by atoms with Crippen molar-refractivity contribution < 1.29 is 23.5 Å². The van der Waals surface area contributed by atoms with Crippen LogP contribution in [0.3, 0.4) is 0 Å². The molecule has 1 aliphatic rings. The van der Waals surface area contributed by atoms with Gasteiger partial charge in [0.2, 0.25) is 0 Å². The highest BCUT2D eigenvalue weighted by molar-refractivity contribution is 7.80. The minimum Gasteiger partial charge on any atom is -0.465 e. The van der Waals surface area contributed by atoms with E-state index in [0.29, 0.717) is 22.8 Å². The quantitative estimate of drug-likeness (QED) is 0.259. The van der Waals surface area contributed by atoms with Crippen LogP contribution < -0.4 is 10.2 Å². The van der Waals surface area contributed by atoms with E-state index < -0.39 is 17.8 Å². The monoisotopic (exact) mass is 474 g/mol. The minimum absolute atomic E-state index is 0.0265. The molecule has 8 heteroatoms. The molecule has 3 aromatic rings. The Labute approximate surface area is 202 Å². The lowest BCUT2D eigenvalue weighted by molar-refractivity contribution is -0.122. The topological polar surface area (TPSA) is 88.9 Å². The van der Waals surface area contributed by atoms with Gasteiger partial charge < -0.3 is 9.15 Å². The molecule has 1 fully saturated rings. The van der Waals surface area contributed by atoms with Gasteiger partial charge in [-0.1, -0.05) is 12.1 Å². The summed E-state index contributed by atoms with van der Waals surface area (Å²) in [6.45, 7) is 5.70. The third-order valence-corrected chi connectivity index (χ3v) is 5.68. The van der Waals surface area contributed by atoms with Crippen molar-refractivity contribution in [3.63, 3.8) is 0 Å². The average molecular weight is 475 g/mol. The van der Waals surface area contributed by atoms with Crippen LogP contribution in [0.4, 0.5) is 5.69 Å².